The van der Waals surface area contributed by atoms with Crippen LogP contribution in [0.3, 0.4) is 0 Å². The lowest BCUT2D eigenvalue weighted by Gasteiger charge is -2.07. The molecule has 1 N–H and O–H groups in total. The van der Waals surface area contributed by atoms with E-state index in [1.54, 1.807) is 0 Å². The Labute approximate surface area is 209 Å². The molecule has 34 heavy (non-hydrogen) atoms. The maximum Gasteiger partial charge on any atom is 0.181 e. The van der Waals surface area contributed by atoms with Crippen LogP contribution in [0.1, 0.15) is 5.56 Å². The first-order valence-corrected chi connectivity index (χ1v) is 12.1. The average Bonchev–Trinajstić information content (AvgIpc) is 3.37. The summed E-state index contributed by atoms with van der Waals surface area (Å²) in [6.07, 6.45) is 0. The number of nitrogens with zero attached hydrogens (tertiary/aromatic N) is 3. The topological polar surface area (TPSA) is 37.0 Å². The first-order valence-electron chi connectivity index (χ1n) is 11.0. The van der Waals surface area contributed by atoms with Gasteiger partial charge in [-0.25, -0.2) is 9.51 Å². The summed E-state index contributed by atoms with van der Waals surface area (Å²) in [4.78, 5) is 5.14. The summed E-state index contributed by atoms with van der Waals surface area (Å²) >= 11 is 9.82. The fourth-order valence-electron chi connectivity index (χ4n) is 4.31. The largest absolute Gasteiger partial charge is 0.275 e. The molecule has 0 bridgehead atoms. The van der Waals surface area contributed by atoms with Crippen LogP contribution in [-0.4, -0.2) is 14.2 Å². The lowest BCUT2D eigenvalue weighted by molar-refractivity contribution is 0.732. The number of fused-ring (bicyclic) bond motifs is 3. The van der Waals surface area contributed by atoms with Gasteiger partial charge in [-0.2, -0.15) is 4.63 Å². The third-order valence-electron chi connectivity index (χ3n) is 5.95. The summed E-state index contributed by atoms with van der Waals surface area (Å²) < 4.78 is 5.26. The first-order chi connectivity index (χ1) is 16.6. The van der Waals surface area contributed by atoms with Crippen molar-refractivity contribution >= 4 is 44.3 Å². The molecule has 0 radical (unpaired) electrons. The summed E-state index contributed by atoms with van der Waals surface area (Å²) in [6.45, 7) is 2.08. The van der Waals surface area contributed by atoms with Gasteiger partial charge in [-0.15, -0.1) is 0 Å². The second-order valence-corrected chi connectivity index (χ2v) is 9.61. The molecule has 0 unspecified atom stereocenters. The molecule has 0 aliphatic rings. The van der Waals surface area contributed by atoms with Crippen LogP contribution in [0, 0.1) is 6.92 Å². The molecule has 166 valence electrons. The standard InChI is InChI=1S/C28H20BrClN4/c1-18-6-16-23(17-7-18)31-28-26(19-8-12-21(29)13-9-19)27(20-10-14-22(30)15-11-20)33-25-5-3-2-4-24(25)32-34(28)33/h2-17,32H,1H3. The number of aryl methyl sites for hydroxylation is 1. The molecular formula is C28H20BrClN4. The van der Waals surface area contributed by atoms with Gasteiger partial charge in [0.15, 0.2) is 5.49 Å². The Hall–Kier alpha value is -3.54. The van der Waals surface area contributed by atoms with Crippen molar-refractivity contribution in [2.75, 3.05) is 0 Å². The van der Waals surface area contributed by atoms with E-state index in [-0.39, 0.29) is 0 Å². The number of aromatic nitrogens is 3. The molecule has 0 spiro atoms. The van der Waals surface area contributed by atoms with Gasteiger partial charge < -0.3 is 0 Å². The molecule has 4 nitrogen and oxygen atoms in total. The Morgan fingerprint density at radius 3 is 2.21 bits per heavy atom. The number of halogens is 2. The highest BCUT2D eigenvalue weighted by molar-refractivity contribution is 9.10. The minimum absolute atomic E-state index is 0.706. The SMILES string of the molecule is Cc1ccc(N=c2c(-c3ccc(Br)cc3)c(-c3ccc(Cl)cc3)n3c4ccccc4[nH]n23)cc1. The zero-order valence-corrected chi connectivity index (χ0v) is 20.7. The van der Waals surface area contributed by atoms with Gasteiger partial charge in [0.05, 0.1) is 28.0 Å². The monoisotopic (exact) mass is 526 g/mol. The smallest absolute Gasteiger partial charge is 0.181 e. The highest BCUT2D eigenvalue weighted by atomic mass is 79.9. The van der Waals surface area contributed by atoms with E-state index in [0.717, 1.165) is 49.1 Å². The van der Waals surface area contributed by atoms with E-state index in [1.165, 1.54) is 5.56 Å². The van der Waals surface area contributed by atoms with E-state index in [9.17, 15) is 0 Å². The van der Waals surface area contributed by atoms with Crippen molar-refractivity contribution in [3.8, 4) is 22.4 Å². The molecule has 0 aliphatic carbocycles. The Bertz CT molecular complexity index is 1700. The van der Waals surface area contributed by atoms with E-state index in [2.05, 4.69) is 111 Å². The van der Waals surface area contributed by atoms with Gasteiger partial charge in [-0.3, -0.25) is 5.10 Å². The van der Waals surface area contributed by atoms with Crippen molar-refractivity contribution < 1.29 is 0 Å². The van der Waals surface area contributed by atoms with Crippen LogP contribution in [-0.2, 0) is 0 Å². The van der Waals surface area contributed by atoms with Gasteiger partial charge in [-0.1, -0.05) is 81.6 Å². The number of nitrogens with one attached hydrogen (secondary N) is 1. The predicted molar refractivity (Wildman–Crippen MR) is 143 cm³/mol. The second kappa shape index (κ2) is 8.35. The van der Waals surface area contributed by atoms with Gasteiger partial charge in [0.1, 0.15) is 0 Å². The minimum Gasteiger partial charge on any atom is -0.275 e. The zero-order valence-electron chi connectivity index (χ0n) is 18.3. The van der Waals surface area contributed by atoms with Crippen LogP contribution < -0.4 is 5.49 Å². The van der Waals surface area contributed by atoms with E-state index in [4.69, 9.17) is 16.6 Å². The van der Waals surface area contributed by atoms with E-state index in [1.807, 2.05) is 22.8 Å². The molecule has 0 fully saturated rings. The fraction of sp³-hybridized carbons (Fsp3) is 0.0357. The predicted octanol–water partition coefficient (Wildman–Crippen LogP) is 7.81. The Kier molecular flexibility index (Phi) is 5.16. The van der Waals surface area contributed by atoms with Crippen LogP contribution in [0.2, 0.25) is 5.02 Å². The number of aromatic amines is 1. The summed E-state index contributed by atoms with van der Waals surface area (Å²) in [5, 5.41) is 4.26. The first kappa shape index (κ1) is 21.0. The van der Waals surface area contributed by atoms with Crippen LogP contribution in [0.5, 0.6) is 0 Å². The quantitative estimate of drug-likeness (QED) is 0.244. The minimum atomic E-state index is 0.706. The highest BCUT2D eigenvalue weighted by Crippen LogP contribution is 2.33. The van der Waals surface area contributed by atoms with Crippen molar-refractivity contribution in [2.24, 2.45) is 4.99 Å². The lowest BCUT2D eigenvalue weighted by atomic mass is 10.0. The molecule has 2 aromatic heterocycles. The number of benzene rings is 4. The Morgan fingerprint density at radius 1 is 0.794 bits per heavy atom. The summed E-state index contributed by atoms with van der Waals surface area (Å²) in [5.74, 6) is 0. The van der Waals surface area contributed by atoms with E-state index in [0.29, 0.717) is 5.02 Å². The fourth-order valence-corrected chi connectivity index (χ4v) is 4.70. The van der Waals surface area contributed by atoms with Crippen molar-refractivity contribution in [3.63, 3.8) is 0 Å². The number of hydrogen-bond acceptors (Lipinski definition) is 1. The second-order valence-electron chi connectivity index (χ2n) is 8.26. The molecule has 4 aromatic carbocycles. The number of hydrogen-bond donors (Lipinski definition) is 1. The maximum absolute atomic E-state index is 6.25. The summed E-state index contributed by atoms with van der Waals surface area (Å²) in [5.41, 5.74) is 9.23. The molecule has 0 saturated heterocycles. The number of H-pyrrole nitrogens is 1. The molecule has 0 amide bonds. The van der Waals surface area contributed by atoms with Crippen molar-refractivity contribution in [1.29, 1.82) is 0 Å². The molecule has 2 heterocycles. The normalized spacial score (nSPS) is 12.1. The van der Waals surface area contributed by atoms with Crippen LogP contribution >= 0.6 is 27.5 Å². The van der Waals surface area contributed by atoms with Crippen LogP contribution in [0.4, 0.5) is 5.69 Å². The van der Waals surface area contributed by atoms with Gasteiger partial charge >= 0.3 is 0 Å². The number of para-hydroxylation sites is 2. The summed E-state index contributed by atoms with van der Waals surface area (Å²) in [6, 6.07) is 32.9. The molecule has 6 aromatic rings. The number of rotatable bonds is 3. The van der Waals surface area contributed by atoms with Crippen LogP contribution in [0.25, 0.3) is 33.4 Å². The van der Waals surface area contributed by atoms with Gasteiger partial charge in [-0.05, 0) is 61.0 Å². The van der Waals surface area contributed by atoms with Crippen molar-refractivity contribution in [3.05, 3.63) is 118 Å². The van der Waals surface area contributed by atoms with Crippen molar-refractivity contribution in [1.82, 2.24) is 14.2 Å². The molecular weight excluding hydrogens is 508 g/mol. The molecule has 6 heteroatoms. The van der Waals surface area contributed by atoms with Crippen LogP contribution in [0.15, 0.2) is 107 Å². The Morgan fingerprint density at radius 2 is 1.47 bits per heavy atom. The van der Waals surface area contributed by atoms with E-state index >= 15 is 0 Å². The van der Waals surface area contributed by atoms with E-state index < -0.39 is 0 Å². The van der Waals surface area contributed by atoms with Gasteiger partial charge in [0.25, 0.3) is 0 Å². The molecule has 0 atom stereocenters. The molecule has 0 aliphatic heterocycles. The third kappa shape index (κ3) is 3.58. The highest BCUT2D eigenvalue weighted by Gasteiger charge is 2.21. The van der Waals surface area contributed by atoms with Crippen molar-refractivity contribution in [2.45, 2.75) is 6.92 Å². The molecule has 0 saturated carbocycles. The molecule has 6 rings (SSSR count). The zero-order chi connectivity index (χ0) is 23.2. The van der Waals surface area contributed by atoms with Gasteiger partial charge in [0.2, 0.25) is 0 Å². The average molecular weight is 528 g/mol. The lowest BCUT2D eigenvalue weighted by Crippen LogP contribution is -2.14. The van der Waals surface area contributed by atoms with Gasteiger partial charge in [0, 0.05) is 15.1 Å². The summed E-state index contributed by atoms with van der Waals surface area (Å²) in [7, 11) is 0. The third-order valence-corrected chi connectivity index (χ3v) is 6.73. The Balaban J connectivity index is 1.81. The maximum atomic E-state index is 6.25.